The molecule has 0 aromatic rings. The van der Waals surface area contributed by atoms with E-state index < -0.39 is 45.1 Å². The van der Waals surface area contributed by atoms with Gasteiger partial charge in [-0.05, 0) is 24.7 Å². The van der Waals surface area contributed by atoms with Crippen LogP contribution in [0.4, 0.5) is 0 Å². The molecule has 0 saturated heterocycles. The van der Waals surface area contributed by atoms with E-state index in [0.29, 0.717) is 0 Å². The van der Waals surface area contributed by atoms with Crippen LogP contribution in [0, 0.1) is 17.8 Å². The highest BCUT2D eigenvalue weighted by molar-refractivity contribution is 7.88. The Balaban J connectivity index is 0. The smallest absolute Gasteiger partial charge is 0.328 e. The maximum absolute atomic E-state index is 11.7. The van der Waals surface area contributed by atoms with E-state index in [-0.39, 0.29) is 18.5 Å². The van der Waals surface area contributed by atoms with Crippen molar-refractivity contribution in [3.8, 4) is 0 Å². The topological polar surface area (TPSA) is 164 Å². The van der Waals surface area contributed by atoms with Crippen LogP contribution in [0.15, 0.2) is 0 Å². The quantitative estimate of drug-likeness (QED) is 0.488. The van der Waals surface area contributed by atoms with E-state index in [1.165, 1.54) is 0 Å². The second-order valence-corrected chi connectivity index (χ2v) is 7.47. The Morgan fingerprint density at radius 1 is 1.05 bits per heavy atom. The third-order valence-electron chi connectivity index (χ3n) is 3.10. The predicted octanol–water partition coefficient (Wildman–Crippen LogP) is 1.65. The van der Waals surface area contributed by atoms with E-state index in [1.807, 2.05) is 0 Å². The first-order chi connectivity index (χ1) is 8.86. The molecule has 0 aliphatic rings. The predicted molar refractivity (Wildman–Crippen MR) is 77.0 cm³/mol. The second kappa shape index (κ2) is 7.71. The van der Waals surface area contributed by atoms with Crippen LogP contribution in [0.3, 0.4) is 0 Å². The van der Waals surface area contributed by atoms with Crippen molar-refractivity contribution in [3.05, 3.63) is 0 Å². The molecule has 126 valence electrons. The molecule has 6 N–H and O–H groups in total. The summed E-state index contributed by atoms with van der Waals surface area (Å²) in [5.74, 6) is -5.73. The monoisotopic (exact) mass is 327 g/mol. The summed E-state index contributed by atoms with van der Waals surface area (Å²) in [6.07, 6.45) is -0.626. The summed E-state index contributed by atoms with van der Waals surface area (Å²) in [7, 11) is -5.09. The first-order valence-electron chi connectivity index (χ1n) is 6.29. The molecular weight excluding hydrogens is 302 g/mol. The van der Waals surface area contributed by atoms with Crippen molar-refractivity contribution >= 4 is 22.1 Å². The maximum atomic E-state index is 11.7. The van der Waals surface area contributed by atoms with Gasteiger partial charge in [0.05, 0.1) is 5.92 Å². The van der Waals surface area contributed by atoms with Gasteiger partial charge in [0.2, 0.25) is 4.75 Å². The number of rotatable bonds is 8. The number of aliphatic carboxylic acids is 2. The van der Waals surface area contributed by atoms with Gasteiger partial charge < -0.3 is 16.4 Å². The number of hydrogen-bond acceptors (Lipinski definition) is 5. The molecule has 0 aliphatic carbocycles. The molecule has 2 atom stereocenters. The Morgan fingerprint density at radius 3 is 1.67 bits per heavy atom. The third kappa shape index (κ3) is 4.94. The van der Waals surface area contributed by atoms with E-state index in [1.54, 1.807) is 27.7 Å². The molecule has 0 heterocycles. The van der Waals surface area contributed by atoms with Gasteiger partial charge in [-0.2, -0.15) is 8.42 Å². The minimum Gasteiger partial charge on any atom is -0.481 e. The van der Waals surface area contributed by atoms with Gasteiger partial charge >= 0.3 is 11.9 Å². The molecule has 0 bridgehead atoms. The van der Waals surface area contributed by atoms with Crippen LogP contribution in [0.2, 0.25) is 0 Å². The fourth-order valence-corrected chi connectivity index (χ4v) is 3.66. The van der Waals surface area contributed by atoms with Gasteiger partial charge in [0, 0.05) is 0 Å². The van der Waals surface area contributed by atoms with Gasteiger partial charge in [-0.15, -0.1) is 0 Å². The first kappa shape index (κ1) is 22.1. The number of carboxylic acid groups (broad SMARTS) is 2. The molecule has 8 nitrogen and oxygen atoms in total. The average Bonchev–Trinajstić information content (AvgIpc) is 2.19. The molecule has 0 spiro atoms. The fraction of sp³-hybridized carbons (Fsp3) is 0.833. The molecule has 0 fully saturated rings. The van der Waals surface area contributed by atoms with Crippen molar-refractivity contribution < 1.29 is 32.8 Å². The number of carboxylic acids is 2. The number of carbonyl (C=O) groups is 2. The maximum Gasteiger partial charge on any atom is 0.328 e. The summed E-state index contributed by atoms with van der Waals surface area (Å²) < 4.78 is 30.0. The molecule has 0 aliphatic heterocycles. The number of hydrogen-bond donors (Lipinski definition) is 4. The molecule has 2 unspecified atom stereocenters. The van der Waals surface area contributed by atoms with E-state index >= 15 is 0 Å². The SMILES string of the molecule is CC(C)CC(C(=O)O)C(CC(C)C)(C(=O)O)S(=O)(=O)O.N. The van der Waals surface area contributed by atoms with Crippen LogP contribution in [0.5, 0.6) is 0 Å². The molecule has 0 aromatic heterocycles. The van der Waals surface area contributed by atoms with Gasteiger partial charge in [-0.25, -0.2) is 0 Å². The lowest BCUT2D eigenvalue weighted by Crippen LogP contribution is -2.56. The van der Waals surface area contributed by atoms with Crippen molar-refractivity contribution in [2.45, 2.75) is 45.3 Å². The van der Waals surface area contributed by atoms with Crippen LogP contribution in [0.25, 0.3) is 0 Å². The van der Waals surface area contributed by atoms with Gasteiger partial charge in [0.25, 0.3) is 10.1 Å². The lowest BCUT2D eigenvalue weighted by Gasteiger charge is -2.34. The fourth-order valence-electron chi connectivity index (χ4n) is 2.34. The van der Waals surface area contributed by atoms with Crippen LogP contribution in [-0.2, 0) is 19.7 Å². The minimum atomic E-state index is -5.09. The third-order valence-corrected chi connectivity index (χ3v) is 4.65. The first-order valence-corrected chi connectivity index (χ1v) is 7.73. The molecule has 0 saturated carbocycles. The van der Waals surface area contributed by atoms with Crippen LogP contribution >= 0.6 is 0 Å². The van der Waals surface area contributed by atoms with Crippen molar-refractivity contribution in [3.63, 3.8) is 0 Å². The van der Waals surface area contributed by atoms with E-state index in [4.69, 9.17) is 0 Å². The lowest BCUT2D eigenvalue weighted by molar-refractivity contribution is -0.153. The summed E-state index contributed by atoms with van der Waals surface area (Å²) in [5.41, 5.74) is 0. The van der Waals surface area contributed by atoms with E-state index in [9.17, 15) is 32.8 Å². The van der Waals surface area contributed by atoms with Crippen molar-refractivity contribution in [1.82, 2.24) is 6.15 Å². The van der Waals surface area contributed by atoms with Crippen molar-refractivity contribution in [1.29, 1.82) is 0 Å². The zero-order valence-corrected chi connectivity index (χ0v) is 13.6. The molecule has 0 rings (SSSR count). The van der Waals surface area contributed by atoms with E-state index in [0.717, 1.165) is 0 Å². The Labute approximate surface area is 124 Å². The van der Waals surface area contributed by atoms with Gasteiger partial charge in [0.15, 0.2) is 0 Å². The largest absolute Gasteiger partial charge is 0.481 e. The normalized spacial score (nSPS) is 16.1. The average molecular weight is 327 g/mol. The van der Waals surface area contributed by atoms with Crippen LogP contribution in [-0.4, -0.2) is 39.9 Å². The molecule has 9 heteroatoms. The summed E-state index contributed by atoms with van der Waals surface area (Å²) in [6.45, 7) is 6.44. The van der Waals surface area contributed by atoms with E-state index in [2.05, 4.69) is 0 Å². The van der Waals surface area contributed by atoms with Gasteiger partial charge in [0.1, 0.15) is 0 Å². The van der Waals surface area contributed by atoms with Crippen molar-refractivity contribution in [2.24, 2.45) is 17.8 Å². The molecule has 0 radical (unpaired) electrons. The Morgan fingerprint density at radius 2 is 1.48 bits per heavy atom. The highest BCUT2D eigenvalue weighted by Gasteiger charge is 2.59. The molecule has 21 heavy (non-hydrogen) atoms. The summed E-state index contributed by atoms with van der Waals surface area (Å²) in [4.78, 5) is 22.9. The molecular formula is C12H25NO7S. The minimum absolute atomic E-state index is 0. The zero-order valence-electron chi connectivity index (χ0n) is 12.7. The van der Waals surface area contributed by atoms with Crippen molar-refractivity contribution in [2.75, 3.05) is 0 Å². The lowest BCUT2D eigenvalue weighted by atomic mass is 9.80. The van der Waals surface area contributed by atoms with Gasteiger partial charge in [-0.1, -0.05) is 27.7 Å². The Hall–Kier alpha value is -1.19. The standard InChI is InChI=1S/C12H22O7S.H3N/c1-7(2)5-9(10(13)14)12(11(15)16,6-8(3)4)20(17,18)19;/h7-9H,5-6H2,1-4H3,(H,13,14)(H,15,16)(H,17,18,19);1H3. The second-order valence-electron chi connectivity index (χ2n) is 5.79. The highest BCUT2D eigenvalue weighted by atomic mass is 32.2. The molecule has 0 amide bonds. The zero-order chi connectivity index (χ0) is 16.3. The highest BCUT2D eigenvalue weighted by Crippen LogP contribution is 2.37. The van der Waals surface area contributed by atoms with Gasteiger partial charge in [-0.3, -0.25) is 14.1 Å². The Kier molecular flexibility index (Phi) is 8.12. The molecule has 0 aromatic carbocycles. The summed E-state index contributed by atoms with van der Waals surface area (Å²) in [6, 6.07) is 0. The summed E-state index contributed by atoms with van der Waals surface area (Å²) in [5, 5.41) is 18.6. The Bertz CT molecular complexity index is 472. The van der Waals surface area contributed by atoms with Crippen LogP contribution in [0.1, 0.15) is 40.5 Å². The summed E-state index contributed by atoms with van der Waals surface area (Å²) >= 11 is 0. The van der Waals surface area contributed by atoms with Crippen LogP contribution < -0.4 is 6.15 Å².